The Morgan fingerprint density at radius 2 is 1.97 bits per heavy atom. The second-order valence-electron chi connectivity index (χ2n) is 11.4. The van der Waals surface area contributed by atoms with E-state index in [0.717, 1.165) is 11.3 Å². The molecular formula is C27H32FN7O4. The number of hydrogen-bond acceptors (Lipinski definition) is 7. The second kappa shape index (κ2) is 9.08. The van der Waals surface area contributed by atoms with Crippen LogP contribution in [0.15, 0.2) is 30.6 Å². The normalized spacial score (nSPS) is 18.3. The summed E-state index contributed by atoms with van der Waals surface area (Å²) in [6, 6.07) is 4.56. The maximum atomic E-state index is 14.5. The molecule has 1 aromatic carbocycles. The molecule has 6 rings (SSSR count). The van der Waals surface area contributed by atoms with Gasteiger partial charge in [-0.1, -0.05) is 0 Å². The zero-order valence-electron chi connectivity index (χ0n) is 22.5. The second-order valence-corrected chi connectivity index (χ2v) is 11.4. The summed E-state index contributed by atoms with van der Waals surface area (Å²) >= 11 is 0. The third-order valence-corrected chi connectivity index (χ3v) is 7.37. The summed E-state index contributed by atoms with van der Waals surface area (Å²) in [6.45, 7) is 8.65. The Kier molecular flexibility index (Phi) is 5.90. The zero-order valence-corrected chi connectivity index (χ0v) is 22.5. The molecule has 3 aliphatic heterocycles. The molecule has 206 valence electrons. The molecule has 3 aliphatic rings. The first-order valence-electron chi connectivity index (χ1n) is 13.1. The fourth-order valence-electron chi connectivity index (χ4n) is 5.61. The quantitative estimate of drug-likeness (QED) is 0.533. The van der Waals surface area contributed by atoms with E-state index >= 15 is 0 Å². The topological polar surface area (TPSA) is 105 Å². The number of hydrogen-bond donors (Lipinski definition) is 1. The summed E-state index contributed by atoms with van der Waals surface area (Å²) in [7, 11) is 1.72. The minimum Gasteiger partial charge on any atom is -0.444 e. The van der Waals surface area contributed by atoms with Crippen LogP contribution >= 0.6 is 0 Å². The van der Waals surface area contributed by atoms with Gasteiger partial charge >= 0.3 is 12.1 Å². The standard InChI is InChI=1S/C27H32FN7O4/c1-26(2,3)39-25(37)35-10-9-33(14-27(35)15-38-16-27)21-5-7-29-23-19(21)6-8-34(23)24(36)30-18-11-17-13-32(4)31-22(17)20(28)12-18/h5,7,11-13H,6,8-10,14-16H2,1-4H3,(H,30,36). The van der Waals surface area contributed by atoms with E-state index < -0.39 is 17.0 Å². The fourth-order valence-corrected chi connectivity index (χ4v) is 5.61. The molecule has 1 spiro atoms. The largest absolute Gasteiger partial charge is 0.444 e. The van der Waals surface area contributed by atoms with Crippen LogP contribution in [0.3, 0.4) is 0 Å². The summed E-state index contributed by atoms with van der Waals surface area (Å²) in [5.41, 5.74) is 1.55. The number of piperazine rings is 1. The van der Waals surface area contributed by atoms with E-state index in [1.807, 2.05) is 26.8 Å². The molecule has 2 saturated heterocycles. The lowest BCUT2D eigenvalue weighted by Gasteiger charge is -2.55. The van der Waals surface area contributed by atoms with Crippen LogP contribution in [0.1, 0.15) is 26.3 Å². The number of aromatic nitrogens is 3. The Morgan fingerprint density at radius 3 is 2.69 bits per heavy atom. The Hall–Kier alpha value is -3.93. The molecule has 12 heteroatoms. The van der Waals surface area contributed by atoms with E-state index in [4.69, 9.17) is 9.47 Å². The van der Waals surface area contributed by atoms with Crippen molar-refractivity contribution in [2.24, 2.45) is 7.05 Å². The van der Waals surface area contributed by atoms with Crippen LogP contribution in [0, 0.1) is 5.82 Å². The molecule has 0 aliphatic carbocycles. The molecule has 2 fully saturated rings. The van der Waals surface area contributed by atoms with Crippen molar-refractivity contribution < 1.29 is 23.5 Å². The van der Waals surface area contributed by atoms with Gasteiger partial charge in [-0.2, -0.15) is 5.10 Å². The van der Waals surface area contributed by atoms with Crippen LogP contribution in [0.4, 0.5) is 31.2 Å². The minimum absolute atomic E-state index is 0.259. The number of carbonyl (C=O) groups excluding carboxylic acids is 2. The summed E-state index contributed by atoms with van der Waals surface area (Å²) in [5, 5.41) is 7.53. The molecule has 0 unspecified atom stereocenters. The molecule has 1 N–H and O–H groups in total. The molecule has 5 heterocycles. The van der Waals surface area contributed by atoms with Crippen LogP contribution in [-0.2, 0) is 22.9 Å². The molecule has 0 radical (unpaired) electrons. The van der Waals surface area contributed by atoms with Crippen LogP contribution in [0.5, 0.6) is 0 Å². The number of benzene rings is 1. The van der Waals surface area contributed by atoms with Crippen molar-refractivity contribution in [1.82, 2.24) is 19.7 Å². The SMILES string of the molecule is Cn1cc2cc(NC(=O)N3CCc4c(N5CCN(C(=O)OC(C)(C)C)C6(COC6)C5)ccnc43)cc(F)c2n1. The summed E-state index contributed by atoms with van der Waals surface area (Å²) in [6.07, 6.45) is 3.72. The van der Waals surface area contributed by atoms with E-state index in [1.165, 1.54) is 10.7 Å². The smallest absolute Gasteiger partial charge is 0.411 e. The predicted octanol–water partition coefficient (Wildman–Crippen LogP) is 3.53. The highest BCUT2D eigenvalue weighted by molar-refractivity contribution is 6.04. The highest BCUT2D eigenvalue weighted by atomic mass is 19.1. The summed E-state index contributed by atoms with van der Waals surface area (Å²) < 4.78 is 27.3. The number of aryl methyl sites for hydroxylation is 1. The molecule has 3 amide bonds. The molecule has 2 aromatic heterocycles. The van der Waals surface area contributed by atoms with Gasteiger partial charge in [-0.05, 0) is 45.4 Å². The zero-order chi connectivity index (χ0) is 27.5. The minimum atomic E-state index is -0.578. The lowest BCUT2D eigenvalue weighted by atomic mass is 9.91. The molecular weight excluding hydrogens is 505 g/mol. The number of urea groups is 1. The number of carbonyl (C=O) groups is 2. The van der Waals surface area contributed by atoms with E-state index in [1.54, 1.807) is 35.3 Å². The van der Waals surface area contributed by atoms with Crippen molar-refractivity contribution in [1.29, 1.82) is 0 Å². The fraction of sp³-hybridized carbons (Fsp3) is 0.481. The number of nitrogens with one attached hydrogen (secondary N) is 1. The number of nitrogens with zero attached hydrogens (tertiary/aromatic N) is 6. The van der Waals surface area contributed by atoms with E-state index in [-0.39, 0.29) is 17.6 Å². The van der Waals surface area contributed by atoms with Gasteiger partial charge in [0, 0.05) is 67.9 Å². The van der Waals surface area contributed by atoms with Crippen molar-refractivity contribution in [2.75, 3.05) is 54.5 Å². The Bertz CT molecular complexity index is 1460. The lowest BCUT2D eigenvalue weighted by molar-refractivity contribution is -0.138. The number of halogens is 1. The molecule has 0 atom stereocenters. The first-order valence-corrected chi connectivity index (χ1v) is 13.1. The number of anilines is 3. The first kappa shape index (κ1) is 25.4. The van der Waals surface area contributed by atoms with Gasteiger partial charge in [0.25, 0.3) is 0 Å². The van der Waals surface area contributed by atoms with Crippen LogP contribution in [-0.4, -0.2) is 82.3 Å². The predicted molar refractivity (Wildman–Crippen MR) is 144 cm³/mol. The monoisotopic (exact) mass is 537 g/mol. The number of pyridine rings is 1. The van der Waals surface area contributed by atoms with Gasteiger partial charge in [-0.25, -0.2) is 19.0 Å². The average molecular weight is 538 g/mol. The third kappa shape index (κ3) is 4.52. The van der Waals surface area contributed by atoms with Crippen molar-refractivity contribution in [3.8, 4) is 0 Å². The van der Waals surface area contributed by atoms with Crippen molar-refractivity contribution >= 4 is 40.2 Å². The number of ether oxygens (including phenoxy) is 2. The molecule has 39 heavy (non-hydrogen) atoms. The number of rotatable bonds is 2. The van der Waals surface area contributed by atoms with Gasteiger partial charge in [0.1, 0.15) is 22.5 Å². The molecule has 11 nitrogen and oxygen atoms in total. The first-order chi connectivity index (χ1) is 18.5. The molecule has 0 saturated carbocycles. The van der Waals surface area contributed by atoms with Gasteiger partial charge in [0.2, 0.25) is 0 Å². The Labute approximate surface area is 225 Å². The lowest BCUT2D eigenvalue weighted by Crippen LogP contribution is -2.73. The van der Waals surface area contributed by atoms with Gasteiger partial charge < -0.3 is 19.7 Å². The van der Waals surface area contributed by atoms with Crippen LogP contribution < -0.4 is 15.1 Å². The van der Waals surface area contributed by atoms with Crippen molar-refractivity contribution in [2.45, 2.75) is 38.3 Å². The number of amides is 3. The number of fused-ring (bicyclic) bond motifs is 2. The third-order valence-electron chi connectivity index (χ3n) is 7.37. The highest BCUT2D eigenvalue weighted by Gasteiger charge is 2.51. The van der Waals surface area contributed by atoms with Gasteiger partial charge in [0.05, 0.1) is 13.2 Å². The van der Waals surface area contributed by atoms with Crippen molar-refractivity contribution in [3.05, 3.63) is 42.0 Å². The van der Waals surface area contributed by atoms with Crippen LogP contribution in [0.2, 0.25) is 0 Å². The molecule has 3 aromatic rings. The maximum Gasteiger partial charge on any atom is 0.411 e. The van der Waals surface area contributed by atoms with E-state index in [2.05, 4.69) is 20.3 Å². The van der Waals surface area contributed by atoms with Crippen molar-refractivity contribution in [3.63, 3.8) is 0 Å². The van der Waals surface area contributed by atoms with Gasteiger partial charge in [-0.3, -0.25) is 14.5 Å². The molecule has 0 bridgehead atoms. The van der Waals surface area contributed by atoms with Crippen LogP contribution in [0.25, 0.3) is 10.9 Å². The summed E-state index contributed by atoms with van der Waals surface area (Å²) in [5.74, 6) is 0.0893. The van der Waals surface area contributed by atoms with E-state index in [0.29, 0.717) is 62.7 Å². The Morgan fingerprint density at radius 1 is 1.18 bits per heavy atom. The Balaban J connectivity index is 1.21. The summed E-state index contributed by atoms with van der Waals surface area (Å²) in [4.78, 5) is 36.4. The van der Waals surface area contributed by atoms with E-state index in [9.17, 15) is 14.0 Å². The highest BCUT2D eigenvalue weighted by Crippen LogP contribution is 2.38. The average Bonchev–Trinajstić information content (AvgIpc) is 3.45. The maximum absolute atomic E-state index is 14.5. The van der Waals surface area contributed by atoms with Gasteiger partial charge in [-0.15, -0.1) is 0 Å². The van der Waals surface area contributed by atoms with Gasteiger partial charge in [0.15, 0.2) is 5.82 Å².